The Kier molecular flexibility index (Phi) is 3.21. The molecular formula is C11H16O2S. The molecule has 1 N–H and O–H groups in total. The number of ether oxygens (including phenoxy) is 1. The molecule has 14 heavy (non-hydrogen) atoms. The minimum Gasteiger partial charge on any atom is -0.388 e. The number of aliphatic hydroxyl groups is 1. The molecule has 2 heterocycles. The highest BCUT2D eigenvalue weighted by atomic mass is 32.1. The van der Waals surface area contributed by atoms with Crippen LogP contribution in [-0.4, -0.2) is 18.3 Å². The SMILES string of the molecule is Cc1sccc1C(O)CC1CCOC1. The summed E-state index contributed by atoms with van der Waals surface area (Å²) in [6.07, 6.45) is 1.64. The van der Waals surface area contributed by atoms with E-state index in [1.807, 2.05) is 11.4 Å². The lowest BCUT2D eigenvalue weighted by molar-refractivity contribution is 0.129. The number of hydrogen-bond donors (Lipinski definition) is 1. The van der Waals surface area contributed by atoms with Crippen LogP contribution in [0.1, 0.15) is 29.4 Å². The van der Waals surface area contributed by atoms with Gasteiger partial charge in [-0.2, -0.15) is 0 Å². The third-order valence-electron chi connectivity index (χ3n) is 2.84. The van der Waals surface area contributed by atoms with Crippen molar-refractivity contribution in [3.05, 3.63) is 21.9 Å². The van der Waals surface area contributed by atoms with Gasteiger partial charge in [-0.15, -0.1) is 11.3 Å². The quantitative estimate of drug-likeness (QED) is 0.834. The molecule has 1 fully saturated rings. The van der Waals surface area contributed by atoms with Crippen LogP contribution >= 0.6 is 11.3 Å². The lowest BCUT2D eigenvalue weighted by Crippen LogP contribution is -2.07. The molecule has 2 rings (SSSR count). The molecule has 1 aromatic rings. The highest BCUT2D eigenvalue weighted by Crippen LogP contribution is 2.30. The molecule has 0 aromatic carbocycles. The predicted octanol–water partition coefficient (Wildman–Crippen LogP) is 2.52. The molecule has 0 radical (unpaired) electrons. The van der Waals surface area contributed by atoms with Crippen LogP contribution in [-0.2, 0) is 4.74 Å². The minimum absolute atomic E-state index is 0.298. The van der Waals surface area contributed by atoms with Crippen molar-refractivity contribution in [3.8, 4) is 0 Å². The molecule has 0 amide bonds. The van der Waals surface area contributed by atoms with Gasteiger partial charge in [-0.1, -0.05) is 0 Å². The fourth-order valence-electron chi connectivity index (χ4n) is 1.95. The Morgan fingerprint density at radius 1 is 1.71 bits per heavy atom. The average molecular weight is 212 g/mol. The number of rotatable bonds is 3. The molecule has 0 bridgehead atoms. The van der Waals surface area contributed by atoms with Gasteiger partial charge in [0.1, 0.15) is 0 Å². The maximum atomic E-state index is 10.0. The molecule has 0 saturated carbocycles. The summed E-state index contributed by atoms with van der Waals surface area (Å²) in [6, 6.07) is 2.03. The molecular weight excluding hydrogens is 196 g/mol. The first kappa shape index (κ1) is 10.1. The van der Waals surface area contributed by atoms with Gasteiger partial charge in [0.15, 0.2) is 0 Å². The monoisotopic (exact) mass is 212 g/mol. The number of aryl methyl sites for hydroxylation is 1. The fourth-order valence-corrected chi connectivity index (χ4v) is 2.71. The Labute approximate surface area is 88.5 Å². The first-order valence-corrected chi connectivity index (χ1v) is 5.95. The molecule has 2 unspecified atom stereocenters. The molecule has 78 valence electrons. The van der Waals surface area contributed by atoms with Crippen LogP contribution in [0.25, 0.3) is 0 Å². The topological polar surface area (TPSA) is 29.5 Å². The van der Waals surface area contributed by atoms with Crippen LogP contribution in [0.4, 0.5) is 0 Å². The van der Waals surface area contributed by atoms with Gasteiger partial charge in [-0.25, -0.2) is 0 Å². The first-order valence-electron chi connectivity index (χ1n) is 5.07. The molecule has 0 spiro atoms. The van der Waals surface area contributed by atoms with Gasteiger partial charge in [0.25, 0.3) is 0 Å². The maximum absolute atomic E-state index is 10.0. The van der Waals surface area contributed by atoms with Crippen molar-refractivity contribution < 1.29 is 9.84 Å². The van der Waals surface area contributed by atoms with Crippen molar-refractivity contribution in [3.63, 3.8) is 0 Å². The zero-order chi connectivity index (χ0) is 9.97. The standard InChI is InChI=1S/C11H16O2S/c1-8-10(3-5-14-8)11(12)6-9-2-4-13-7-9/h3,5,9,11-12H,2,4,6-7H2,1H3. The third kappa shape index (κ3) is 2.16. The fraction of sp³-hybridized carbons (Fsp3) is 0.636. The Morgan fingerprint density at radius 2 is 2.57 bits per heavy atom. The minimum atomic E-state index is -0.298. The van der Waals surface area contributed by atoms with Gasteiger partial charge in [0, 0.05) is 18.1 Å². The van der Waals surface area contributed by atoms with Crippen LogP contribution in [0.3, 0.4) is 0 Å². The van der Waals surface area contributed by atoms with E-state index in [1.54, 1.807) is 11.3 Å². The number of hydrogen-bond acceptors (Lipinski definition) is 3. The van der Waals surface area contributed by atoms with E-state index in [9.17, 15) is 5.11 Å². The molecule has 1 saturated heterocycles. The molecule has 2 nitrogen and oxygen atoms in total. The highest BCUT2D eigenvalue weighted by molar-refractivity contribution is 7.10. The molecule has 1 aromatic heterocycles. The van der Waals surface area contributed by atoms with E-state index < -0.39 is 0 Å². The number of aliphatic hydroxyl groups excluding tert-OH is 1. The lowest BCUT2D eigenvalue weighted by Gasteiger charge is -2.14. The van der Waals surface area contributed by atoms with Crippen molar-refractivity contribution in [2.24, 2.45) is 5.92 Å². The Bertz CT molecular complexity index is 289. The van der Waals surface area contributed by atoms with Crippen LogP contribution in [0.2, 0.25) is 0 Å². The third-order valence-corrected chi connectivity index (χ3v) is 3.70. The van der Waals surface area contributed by atoms with E-state index >= 15 is 0 Å². The molecule has 1 aliphatic heterocycles. The summed E-state index contributed by atoms with van der Waals surface area (Å²) in [6.45, 7) is 3.74. The van der Waals surface area contributed by atoms with Crippen LogP contribution in [0, 0.1) is 12.8 Å². The van der Waals surface area contributed by atoms with Crippen molar-refractivity contribution in [1.29, 1.82) is 0 Å². The summed E-state index contributed by atoms with van der Waals surface area (Å²) in [4.78, 5) is 1.23. The highest BCUT2D eigenvalue weighted by Gasteiger charge is 2.21. The smallest absolute Gasteiger partial charge is 0.0804 e. The molecule has 3 heteroatoms. The Hall–Kier alpha value is -0.380. The van der Waals surface area contributed by atoms with E-state index in [-0.39, 0.29) is 6.10 Å². The van der Waals surface area contributed by atoms with Gasteiger partial charge in [-0.05, 0) is 42.7 Å². The van der Waals surface area contributed by atoms with E-state index in [1.165, 1.54) is 4.88 Å². The predicted molar refractivity (Wildman–Crippen MR) is 57.6 cm³/mol. The van der Waals surface area contributed by atoms with Crippen LogP contribution < -0.4 is 0 Å². The van der Waals surface area contributed by atoms with Gasteiger partial charge in [0.2, 0.25) is 0 Å². The number of thiophene rings is 1. The molecule has 2 atom stereocenters. The maximum Gasteiger partial charge on any atom is 0.0804 e. The van der Waals surface area contributed by atoms with Gasteiger partial charge in [0.05, 0.1) is 6.10 Å². The van der Waals surface area contributed by atoms with Crippen LogP contribution in [0.15, 0.2) is 11.4 Å². The Balaban J connectivity index is 1.95. The second kappa shape index (κ2) is 4.43. The van der Waals surface area contributed by atoms with E-state index in [0.29, 0.717) is 5.92 Å². The zero-order valence-electron chi connectivity index (χ0n) is 8.40. The normalized spacial score (nSPS) is 24.0. The average Bonchev–Trinajstić information content (AvgIpc) is 2.75. The first-order chi connectivity index (χ1) is 6.77. The molecule has 1 aliphatic rings. The van der Waals surface area contributed by atoms with E-state index in [4.69, 9.17) is 4.74 Å². The zero-order valence-corrected chi connectivity index (χ0v) is 9.22. The van der Waals surface area contributed by atoms with Gasteiger partial charge < -0.3 is 9.84 Å². The summed E-state index contributed by atoms with van der Waals surface area (Å²) in [5, 5.41) is 12.0. The van der Waals surface area contributed by atoms with Gasteiger partial charge >= 0.3 is 0 Å². The lowest BCUT2D eigenvalue weighted by atomic mass is 9.97. The van der Waals surface area contributed by atoms with Crippen LogP contribution in [0.5, 0.6) is 0 Å². The Morgan fingerprint density at radius 3 is 3.14 bits per heavy atom. The van der Waals surface area contributed by atoms with Crippen molar-refractivity contribution in [1.82, 2.24) is 0 Å². The largest absolute Gasteiger partial charge is 0.388 e. The second-order valence-corrected chi connectivity index (χ2v) is 5.03. The van der Waals surface area contributed by atoms with E-state index in [0.717, 1.165) is 31.6 Å². The van der Waals surface area contributed by atoms with Crippen molar-refractivity contribution in [2.75, 3.05) is 13.2 Å². The molecule has 0 aliphatic carbocycles. The summed E-state index contributed by atoms with van der Waals surface area (Å²) in [5.74, 6) is 0.546. The summed E-state index contributed by atoms with van der Waals surface area (Å²) in [7, 11) is 0. The summed E-state index contributed by atoms with van der Waals surface area (Å²) < 4.78 is 5.30. The van der Waals surface area contributed by atoms with Gasteiger partial charge in [-0.3, -0.25) is 0 Å². The second-order valence-electron chi connectivity index (χ2n) is 3.91. The van der Waals surface area contributed by atoms with Crippen molar-refractivity contribution in [2.45, 2.75) is 25.9 Å². The van der Waals surface area contributed by atoms with Crippen molar-refractivity contribution >= 4 is 11.3 Å². The van der Waals surface area contributed by atoms with E-state index in [2.05, 4.69) is 6.92 Å². The summed E-state index contributed by atoms with van der Waals surface area (Å²) >= 11 is 1.70. The summed E-state index contributed by atoms with van der Waals surface area (Å²) in [5.41, 5.74) is 1.10.